The largest absolute Gasteiger partial charge is 0.444 e. The van der Waals surface area contributed by atoms with Crippen molar-refractivity contribution in [1.29, 1.82) is 0 Å². The Bertz CT molecular complexity index is 452. The third kappa shape index (κ3) is 6.91. The number of rotatable bonds is 6. The van der Waals surface area contributed by atoms with Crippen molar-refractivity contribution in [3.8, 4) is 0 Å². The average molecular weight is 313 g/mol. The van der Waals surface area contributed by atoms with Gasteiger partial charge in [0.2, 0.25) is 0 Å². The Labute approximate surface area is 131 Å². The minimum Gasteiger partial charge on any atom is -0.444 e. The second kappa shape index (κ2) is 7.75. The summed E-state index contributed by atoms with van der Waals surface area (Å²) in [5.74, 6) is 0. The first-order valence-electron chi connectivity index (χ1n) is 7.30. The Hall–Kier alpha value is -1.14. The van der Waals surface area contributed by atoms with Crippen LogP contribution in [-0.4, -0.2) is 40.7 Å². The number of nitrogens with one attached hydrogen (secondary N) is 1. The Morgan fingerprint density at radius 2 is 2.14 bits per heavy atom. The number of hydrogen-bond acceptors (Lipinski definition) is 5. The zero-order valence-corrected chi connectivity index (χ0v) is 14.7. The lowest BCUT2D eigenvalue weighted by molar-refractivity contribution is 0.0193. The Morgan fingerprint density at radius 1 is 1.48 bits per heavy atom. The number of aryl methyl sites for hydroxylation is 1. The van der Waals surface area contributed by atoms with Crippen LogP contribution in [0.5, 0.6) is 0 Å². The van der Waals surface area contributed by atoms with E-state index < -0.39 is 5.60 Å². The molecule has 0 saturated heterocycles. The number of carbonyl (C=O) groups excluding carboxylic acids is 1. The molecule has 1 N–H and O–H groups in total. The molecule has 5 nitrogen and oxygen atoms in total. The molecule has 21 heavy (non-hydrogen) atoms. The third-order valence-electron chi connectivity index (χ3n) is 2.72. The van der Waals surface area contributed by atoms with Gasteiger partial charge in [-0.2, -0.15) is 0 Å². The molecule has 0 saturated carbocycles. The van der Waals surface area contributed by atoms with E-state index in [2.05, 4.69) is 10.3 Å². The van der Waals surface area contributed by atoms with Gasteiger partial charge in [-0.3, -0.25) is 0 Å². The molecule has 120 valence electrons. The van der Waals surface area contributed by atoms with E-state index in [-0.39, 0.29) is 12.1 Å². The minimum absolute atomic E-state index is 0.115. The number of amides is 1. The third-order valence-corrected chi connectivity index (χ3v) is 3.69. The molecule has 1 aromatic heterocycles. The lowest BCUT2D eigenvalue weighted by Gasteiger charge is -2.30. The molecule has 1 rings (SSSR count). The summed E-state index contributed by atoms with van der Waals surface area (Å²) in [6, 6.07) is 0.115. The summed E-state index contributed by atoms with van der Waals surface area (Å²) in [7, 11) is 0. The van der Waals surface area contributed by atoms with E-state index in [0.29, 0.717) is 6.54 Å². The van der Waals surface area contributed by atoms with Crippen molar-refractivity contribution in [1.82, 2.24) is 15.2 Å². The standard InChI is InChI=1S/C15H27N3O2S/c1-11(2)18(14(19)20-15(4,5)6)8-7-16-9-13-17-12(3)10-21-13/h10-11,16H,7-9H2,1-6H3. The summed E-state index contributed by atoms with van der Waals surface area (Å²) >= 11 is 1.65. The minimum atomic E-state index is -0.462. The zero-order chi connectivity index (χ0) is 16.0. The van der Waals surface area contributed by atoms with E-state index in [4.69, 9.17) is 4.74 Å². The van der Waals surface area contributed by atoms with Crippen molar-refractivity contribution in [2.45, 2.75) is 59.7 Å². The van der Waals surface area contributed by atoms with Crippen LogP contribution >= 0.6 is 11.3 Å². The van der Waals surface area contributed by atoms with Crippen LogP contribution in [0.1, 0.15) is 45.3 Å². The molecule has 0 atom stereocenters. The molecule has 1 aromatic rings. The van der Waals surface area contributed by atoms with Crippen molar-refractivity contribution in [3.63, 3.8) is 0 Å². The van der Waals surface area contributed by atoms with Crippen molar-refractivity contribution in [3.05, 3.63) is 16.1 Å². The van der Waals surface area contributed by atoms with Crippen molar-refractivity contribution in [2.24, 2.45) is 0 Å². The maximum absolute atomic E-state index is 12.1. The lowest BCUT2D eigenvalue weighted by Crippen LogP contribution is -2.44. The predicted molar refractivity (Wildman–Crippen MR) is 86.6 cm³/mol. The van der Waals surface area contributed by atoms with Gasteiger partial charge in [-0.15, -0.1) is 11.3 Å². The van der Waals surface area contributed by atoms with Crippen LogP contribution in [0.4, 0.5) is 4.79 Å². The van der Waals surface area contributed by atoms with E-state index in [1.54, 1.807) is 16.2 Å². The molecule has 0 unspecified atom stereocenters. The van der Waals surface area contributed by atoms with Crippen molar-refractivity contribution < 1.29 is 9.53 Å². The van der Waals surface area contributed by atoms with Gasteiger partial charge in [0, 0.05) is 36.8 Å². The second-order valence-corrected chi connectivity index (χ2v) is 7.27. The molecule has 0 aliphatic heterocycles. The van der Waals surface area contributed by atoms with Crippen LogP contribution in [-0.2, 0) is 11.3 Å². The molecule has 0 spiro atoms. The molecule has 0 radical (unpaired) electrons. The normalized spacial score (nSPS) is 11.8. The second-order valence-electron chi connectivity index (χ2n) is 6.33. The summed E-state index contributed by atoms with van der Waals surface area (Å²) in [6.07, 6.45) is -0.260. The van der Waals surface area contributed by atoms with Gasteiger partial charge in [0.25, 0.3) is 0 Å². The Balaban J connectivity index is 2.39. The molecule has 0 bridgehead atoms. The maximum Gasteiger partial charge on any atom is 0.410 e. The molecule has 0 aliphatic rings. The molecule has 0 fully saturated rings. The number of thiazole rings is 1. The van der Waals surface area contributed by atoms with E-state index in [0.717, 1.165) is 23.8 Å². The van der Waals surface area contributed by atoms with Gasteiger partial charge in [0.05, 0.1) is 0 Å². The fourth-order valence-corrected chi connectivity index (χ4v) is 2.50. The highest BCUT2D eigenvalue weighted by Gasteiger charge is 2.23. The van der Waals surface area contributed by atoms with Crippen LogP contribution in [0, 0.1) is 6.92 Å². The number of hydrogen-bond donors (Lipinski definition) is 1. The molecular formula is C15H27N3O2S. The van der Waals surface area contributed by atoms with Gasteiger partial charge in [-0.1, -0.05) is 0 Å². The van der Waals surface area contributed by atoms with Gasteiger partial charge in [-0.05, 0) is 41.5 Å². The number of nitrogens with zero attached hydrogens (tertiary/aromatic N) is 2. The summed E-state index contributed by atoms with van der Waals surface area (Å²) in [5.41, 5.74) is 0.588. The van der Waals surface area contributed by atoms with Gasteiger partial charge in [0.15, 0.2) is 0 Å². The first kappa shape index (κ1) is 17.9. The molecule has 1 heterocycles. The zero-order valence-electron chi connectivity index (χ0n) is 13.9. The SMILES string of the molecule is Cc1csc(CNCCN(C(=O)OC(C)(C)C)C(C)C)n1. The predicted octanol–water partition coefficient (Wildman–Crippen LogP) is 3.19. The molecule has 1 amide bonds. The smallest absolute Gasteiger partial charge is 0.410 e. The van der Waals surface area contributed by atoms with Crippen LogP contribution < -0.4 is 5.32 Å². The van der Waals surface area contributed by atoms with Crippen molar-refractivity contribution >= 4 is 17.4 Å². The molecule has 0 aliphatic carbocycles. The summed E-state index contributed by atoms with van der Waals surface area (Å²) in [4.78, 5) is 18.3. The van der Waals surface area contributed by atoms with E-state index in [1.807, 2.05) is 46.9 Å². The van der Waals surface area contributed by atoms with Crippen LogP contribution in [0.15, 0.2) is 5.38 Å². The molecule has 0 aromatic carbocycles. The molecule has 6 heteroatoms. The van der Waals surface area contributed by atoms with Gasteiger partial charge < -0.3 is 15.0 Å². The first-order chi connectivity index (χ1) is 9.69. The lowest BCUT2D eigenvalue weighted by atomic mass is 10.2. The monoisotopic (exact) mass is 313 g/mol. The van der Waals surface area contributed by atoms with Crippen molar-refractivity contribution in [2.75, 3.05) is 13.1 Å². The topological polar surface area (TPSA) is 54.5 Å². The Morgan fingerprint density at radius 3 is 2.62 bits per heavy atom. The van der Waals surface area contributed by atoms with E-state index in [1.165, 1.54) is 0 Å². The van der Waals surface area contributed by atoms with E-state index >= 15 is 0 Å². The van der Waals surface area contributed by atoms with E-state index in [9.17, 15) is 4.79 Å². The Kier molecular flexibility index (Phi) is 6.61. The van der Waals surface area contributed by atoms with Crippen LogP contribution in [0.3, 0.4) is 0 Å². The highest BCUT2D eigenvalue weighted by Crippen LogP contribution is 2.12. The summed E-state index contributed by atoms with van der Waals surface area (Å²) in [5, 5.41) is 6.43. The fourth-order valence-electron chi connectivity index (χ4n) is 1.76. The number of ether oxygens (including phenoxy) is 1. The fraction of sp³-hybridized carbons (Fsp3) is 0.733. The quantitative estimate of drug-likeness (QED) is 0.820. The van der Waals surface area contributed by atoms with Gasteiger partial charge in [0.1, 0.15) is 10.6 Å². The number of aromatic nitrogens is 1. The average Bonchev–Trinajstić information content (AvgIpc) is 2.71. The van der Waals surface area contributed by atoms with Gasteiger partial charge in [-0.25, -0.2) is 9.78 Å². The summed E-state index contributed by atoms with van der Waals surface area (Å²) < 4.78 is 5.43. The summed E-state index contributed by atoms with van der Waals surface area (Å²) in [6.45, 7) is 13.7. The van der Waals surface area contributed by atoms with Gasteiger partial charge >= 0.3 is 6.09 Å². The highest BCUT2D eigenvalue weighted by atomic mass is 32.1. The highest BCUT2D eigenvalue weighted by molar-refractivity contribution is 7.09. The van der Waals surface area contributed by atoms with Crippen LogP contribution in [0.2, 0.25) is 0 Å². The first-order valence-corrected chi connectivity index (χ1v) is 8.18. The molecular weight excluding hydrogens is 286 g/mol. The number of carbonyl (C=O) groups is 1. The maximum atomic E-state index is 12.1. The van der Waals surface area contributed by atoms with Crippen LogP contribution in [0.25, 0.3) is 0 Å².